The number of carbonyl (C=O) groups is 1. The molecule has 0 rings (SSSR count). The van der Waals surface area contributed by atoms with Crippen molar-refractivity contribution in [1.29, 1.82) is 0 Å². The van der Waals surface area contributed by atoms with Crippen LogP contribution < -0.4 is 10.6 Å². The SMILES string of the molecule is COCCNC(=S)NCCC(=O)OC. The van der Waals surface area contributed by atoms with Gasteiger partial charge in [0.1, 0.15) is 0 Å². The van der Waals surface area contributed by atoms with Crippen molar-refractivity contribution in [3.8, 4) is 0 Å². The molecule has 0 unspecified atom stereocenters. The summed E-state index contributed by atoms with van der Waals surface area (Å²) in [6.07, 6.45) is 0.308. The first-order valence-electron chi connectivity index (χ1n) is 4.28. The molecule has 0 aromatic heterocycles. The number of hydrogen-bond acceptors (Lipinski definition) is 4. The highest BCUT2D eigenvalue weighted by atomic mass is 32.1. The first-order chi connectivity index (χ1) is 6.70. The molecule has 0 radical (unpaired) electrons. The molecule has 0 saturated carbocycles. The standard InChI is InChI=1S/C8H16N2O3S/c1-12-6-5-10-8(14)9-4-3-7(11)13-2/h3-6H2,1-2H3,(H2,9,10,14). The number of methoxy groups -OCH3 is 2. The van der Waals surface area contributed by atoms with Gasteiger partial charge in [-0.1, -0.05) is 0 Å². The zero-order valence-electron chi connectivity index (χ0n) is 8.46. The van der Waals surface area contributed by atoms with Crippen LogP contribution in [0.25, 0.3) is 0 Å². The Hall–Kier alpha value is -0.880. The quantitative estimate of drug-likeness (QED) is 0.363. The van der Waals surface area contributed by atoms with Crippen LogP contribution in [0.1, 0.15) is 6.42 Å². The molecule has 0 aliphatic carbocycles. The molecule has 2 N–H and O–H groups in total. The van der Waals surface area contributed by atoms with E-state index in [2.05, 4.69) is 15.4 Å². The predicted molar refractivity (Wildman–Crippen MR) is 57.1 cm³/mol. The van der Waals surface area contributed by atoms with Gasteiger partial charge < -0.3 is 20.1 Å². The maximum Gasteiger partial charge on any atom is 0.307 e. The van der Waals surface area contributed by atoms with Crippen LogP contribution in [0, 0.1) is 0 Å². The Balaban J connectivity index is 3.31. The molecule has 14 heavy (non-hydrogen) atoms. The zero-order chi connectivity index (χ0) is 10.8. The highest BCUT2D eigenvalue weighted by molar-refractivity contribution is 7.80. The summed E-state index contributed by atoms with van der Waals surface area (Å²) in [4.78, 5) is 10.7. The number of nitrogens with one attached hydrogen (secondary N) is 2. The van der Waals surface area contributed by atoms with Gasteiger partial charge in [-0.3, -0.25) is 4.79 Å². The Labute approximate surface area is 89.1 Å². The van der Waals surface area contributed by atoms with Crippen LogP contribution in [0.2, 0.25) is 0 Å². The minimum atomic E-state index is -0.253. The Morgan fingerprint density at radius 2 is 1.93 bits per heavy atom. The molecule has 6 heteroatoms. The molecule has 0 saturated heterocycles. The fourth-order valence-electron chi connectivity index (χ4n) is 0.709. The van der Waals surface area contributed by atoms with Crippen molar-refractivity contribution in [3.63, 3.8) is 0 Å². The molecule has 0 aromatic carbocycles. The third kappa shape index (κ3) is 7.75. The summed E-state index contributed by atoms with van der Waals surface area (Å²) >= 11 is 4.93. The molecule has 82 valence electrons. The van der Waals surface area contributed by atoms with Crippen LogP contribution in [0.15, 0.2) is 0 Å². The van der Waals surface area contributed by atoms with Gasteiger partial charge in [0.15, 0.2) is 5.11 Å². The number of rotatable bonds is 6. The van der Waals surface area contributed by atoms with Gasteiger partial charge in [-0.05, 0) is 12.2 Å². The fourth-order valence-corrected chi connectivity index (χ4v) is 0.913. The molecule has 0 amide bonds. The molecular weight excluding hydrogens is 204 g/mol. The Kier molecular flexibility index (Phi) is 8.16. The van der Waals surface area contributed by atoms with Gasteiger partial charge in [0.25, 0.3) is 0 Å². The second-order valence-corrected chi connectivity index (χ2v) is 2.91. The van der Waals surface area contributed by atoms with Crippen molar-refractivity contribution in [2.75, 3.05) is 33.9 Å². The van der Waals surface area contributed by atoms with E-state index in [1.165, 1.54) is 7.11 Å². The molecular formula is C8H16N2O3S. The minimum absolute atomic E-state index is 0.253. The molecule has 0 heterocycles. The van der Waals surface area contributed by atoms with E-state index < -0.39 is 0 Å². The lowest BCUT2D eigenvalue weighted by atomic mass is 10.4. The second-order valence-electron chi connectivity index (χ2n) is 2.50. The van der Waals surface area contributed by atoms with E-state index >= 15 is 0 Å². The number of carbonyl (C=O) groups excluding carboxylic acids is 1. The number of hydrogen-bond donors (Lipinski definition) is 2. The van der Waals surface area contributed by atoms with E-state index in [4.69, 9.17) is 17.0 Å². The molecule has 0 aliphatic heterocycles. The molecule has 5 nitrogen and oxygen atoms in total. The van der Waals surface area contributed by atoms with E-state index in [0.29, 0.717) is 31.2 Å². The lowest BCUT2D eigenvalue weighted by Crippen LogP contribution is -2.38. The predicted octanol–water partition coefficient (Wildman–Crippen LogP) is -0.340. The topological polar surface area (TPSA) is 59.6 Å². The third-order valence-electron chi connectivity index (χ3n) is 1.43. The average molecular weight is 220 g/mol. The maximum absolute atomic E-state index is 10.7. The third-order valence-corrected chi connectivity index (χ3v) is 1.72. The van der Waals surface area contributed by atoms with E-state index in [9.17, 15) is 4.79 Å². The van der Waals surface area contributed by atoms with Crippen LogP contribution >= 0.6 is 12.2 Å². The Morgan fingerprint density at radius 3 is 2.50 bits per heavy atom. The summed E-state index contributed by atoms with van der Waals surface area (Å²) in [7, 11) is 2.98. The van der Waals surface area contributed by atoms with Crippen LogP contribution in [0.4, 0.5) is 0 Å². The van der Waals surface area contributed by atoms with Crippen LogP contribution in [-0.4, -0.2) is 45.0 Å². The molecule has 0 aromatic rings. The van der Waals surface area contributed by atoms with Crippen molar-refractivity contribution in [1.82, 2.24) is 10.6 Å². The largest absolute Gasteiger partial charge is 0.469 e. The first-order valence-corrected chi connectivity index (χ1v) is 4.69. The van der Waals surface area contributed by atoms with Crippen LogP contribution in [0.5, 0.6) is 0 Å². The van der Waals surface area contributed by atoms with Gasteiger partial charge in [-0.25, -0.2) is 0 Å². The van der Waals surface area contributed by atoms with Crippen molar-refractivity contribution in [3.05, 3.63) is 0 Å². The minimum Gasteiger partial charge on any atom is -0.469 e. The van der Waals surface area contributed by atoms with Gasteiger partial charge >= 0.3 is 5.97 Å². The smallest absolute Gasteiger partial charge is 0.307 e. The van der Waals surface area contributed by atoms with E-state index in [1.807, 2.05) is 0 Å². The number of esters is 1. The molecule has 0 atom stereocenters. The molecule has 0 fully saturated rings. The lowest BCUT2D eigenvalue weighted by molar-refractivity contribution is -0.140. The summed E-state index contributed by atoms with van der Waals surface area (Å²) in [5.74, 6) is -0.253. The van der Waals surface area contributed by atoms with Crippen molar-refractivity contribution < 1.29 is 14.3 Å². The summed E-state index contributed by atoms with van der Waals surface area (Å²) < 4.78 is 9.30. The van der Waals surface area contributed by atoms with E-state index in [-0.39, 0.29) is 5.97 Å². The summed E-state index contributed by atoms with van der Waals surface area (Å²) in [6.45, 7) is 1.73. The lowest BCUT2D eigenvalue weighted by Gasteiger charge is -2.08. The first kappa shape index (κ1) is 13.1. The summed E-state index contributed by atoms with van der Waals surface area (Å²) in [5.41, 5.74) is 0. The maximum atomic E-state index is 10.7. The molecule has 0 spiro atoms. The normalized spacial score (nSPS) is 9.29. The zero-order valence-corrected chi connectivity index (χ0v) is 9.28. The van der Waals surface area contributed by atoms with Gasteiger partial charge in [0, 0.05) is 20.2 Å². The average Bonchev–Trinajstić information content (AvgIpc) is 2.18. The monoisotopic (exact) mass is 220 g/mol. The summed E-state index contributed by atoms with van der Waals surface area (Å²) in [5, 5.41) is 6.31. The number of thiocarbonyl (C=S) groups is 1. The van der Waals surface area contributed by atoms with E-state index in [1.54, 1.807) is 7.11 Å². The Morgan fingerprint density at radius 1 is 1.29 bits per heavy atom. The van der Waals surface area contributed by atoms with Gasteiger partial charge in [0.2, 0.25) is 0 Å². The van der Waals surface area contributed by atoms with Gasteiger partial charge in [-0.2, -0.15) is 0 Å². The van der Waals surface area contributed by atoms with Gasteiger partial charge in [0.05, 0.1) is 20.1 Å². The summed E-state index contributed by atoms with van der Waals surface area (Å²) in [6, 6.07) is 0. The highest BCUT2D eigenvalue weighted by Gasteiger charge is 1.99. The Bertz CT molecular complexity index is 187. The van der Waals surface area contributed by atoms with Crippen LogP contribution in [-0.2, 0) is 14.3 Å². The second kappa shape index (κ2) is 8.71. The van der Waals surface area contributed by atoms with Crippen LogP contribution in [0.3, 0.4) is 0 Å². The highest BCUT2D eigenvalue weighted by Crippen LogP contribution is 1.81. The van der Waals surface area contributed by atoms with Crippen molar-refractivity contribution >= 4 is 23.3 Å². The van der Waals surface area contributed by atoms with E-state index in [0.717, 1.165) is 0 Å². The van der Waals surface area contributed by atoms with Crippen molar-refractivity contribution in [2.24, 2.45) is 0 Å². The number of ether oxygens (including phenoxy) is 2. The van der Waals surface area contributed by atoms with Crippen molar-refractivity contribution in [2.45, 2.75) is 6.42 Å². The van der Waals surface area contributed by atoms with Gasteiger partial charge in [-0.15, -0.1) is 0 Å². The fraction of sp³-hybridized carbons (Fsp3) is 0.750. The molecule has 0 aliphatic rings. The molecule has 0 bridgehead atoms.